The summed E-state index contributed by atoms with van der Waals surface area (Å²) < 4.78 is 16.5. The van der Waals surface area contributed by atoms with Gasteiger partial charge in [0.2, 0.25) is 0 Å². The smallest absolute Gasteiger partial charge is 0.274 e. The monoisotopic (exact) mass is 498 g/mol. The summed E-state index contributed by atoms with van der Waals surface area (Å²) in [7, 11) is 0. The van der Waals surface area contributed by atoms with Crippen molar-refractivity contribution in [3.8, 4) is 5.69 Å². The number of rotatable bonds is 9. The fraction of sp³-hybridized carbons (Fsp3) is 0.276. The molecule has 1 amide bonds. The maximum atomic E-state index is 15.0. The number of pyridine rings is 1. The minimum absolute atomic E-state index is 0.0637. The molecule has 0 bridgehead atoms. The first-order chi connectivity index (χ1) is 17.9. The van der Waals surface area contributed by atoms with Crippen molar-refractivity contribution >= 4 is 11.6 Å². The third kappa shape index (κ3) is 5.30. The Bertz CT molecular complexity index is 1420. The Hall–Kier alpha value is -3.88. The molecule has 2 aromatic carbocycles. The van der Waals surface area contributed by atoms with Gasteiger partial charge in [0.25, 0.3) is 5.91 Å². The van der Waals surface area contributed by atoms with E-state index in [0.29, 0.717) is 30.3 Å². The van der Waals surface area contributed by atoms with E-state index in [9.17, 15) is 9.18 Å². The lowest BCUT2D eigenvalue weighted by Gasteiger charge is -2.31. The van der Waals surface area contributed by atoms with Crippen molar-refractivity contribution in [2.24, 2.45) is 17.4 Å². The number of aromatic nitrogens is 3. The molecule has 4 aromatic rings. The van der Waals surface area contributed by atoms with Gasteiger partial charge < -0.3 is 16.8 Å². The molecule has 0 spiro atoms. The third-order valence-electron chi connectivity index (χ3n) is 7.01. The van der Waals surface area contributed by atoms with E-state index in [4.69, 9.17) is 11.5 Å². The largest absolute Gasteiger partial charge is 0.326 e. The van der Waals surface area contributed by atoms with Crippen LogP contribution in [0.4, 0.5) is 10.1 Å². The van der Waals surface area contributed by atoms with E-state index in [-0.39, 0.29) is 11.4 Å². The predicted octanol–water partition coefficient (Wildman–Crippen LogP) is 4.82. The van der Waals surface area contributed by atoms with E-state index in [0.717, 1.165) is 23.1 Å². The summed E-state index contributed by atoms with van der Waals surface area (Å²) >= 11 is 0. The van der Waals surface area contributed by atoms with Gasteiger partial charge in [-0.25, -0.2) is 9.07 Å². The highest BCUT2D eigenvalue weighted by Gasteiger charge is 2.33. The molecule has 1 aliphatic rings. The zero-order valence-electron chi connectivity index (χ0n) is 20.8. The number of carbonyl (C=O) groups is 1. The molecule has 0 saturated heterocycles. The lowest BCUT2D eigenvalue weighted by molar-refractivity contribution is 0.101. The van der Waals surface area contributed by atoms with Crippen LogP contribution in [-0.2, 0) is 12.1 Å². The number of halogens is 1. The molecule has 0 aliphatic heterocycles. The van der Waals surface area contributed by atoms with E-state index in [1.54, 1.807) is 42.2 Å². The molecule has 2 heterocycles. The fourth-order valence-electron chi connectivity index (χ4n) is 4.68. The summed E-state index contributed by atoms with van der Waals surface area (Å²) in [5.41, 5.74) is 16.1. The molecular formula is C29H31FN6O. The summed E-state index contributed by atoms with van der Waals surface area (Å²) in [6.45, 7) is 2.17. The van der Waals surface area contributed by atoms with Gasteiger partial charge >= 0.3 is 0 Å². The number of nitrogens with zero attached hydrogens (tertiary/aromatic N) is 3. The zero-order valence-corrected chi connectivity index (χ0v) is 20.8. The number of hydrogen-bond acceptors (Lipinski definition) is 5. The van der Waals surface area contributed by atoms with Crippen LogP contribution in [0.3, 0.4) is 0 Å². The van der Waals surface area contributed by atoms with Gasteiger partial charge in [0.15, 0.2) is 0 Å². The highest BCUT2D eigenvalue weighted by atomic mass is 19.1. The average molecular weight is 499 g/mol. The van der Waals surface area contributed by atoms with Crippen molar-refractivity contribution in [3.63, 3.8) is 0 Å². The minimum atomic E-state index is -0.856. The molecule has 5 N–H and O–H groups in total. The first kappa shape index (κ1) is 24.8. The number of nitrogens with two attached hydrogens (primary N) is 2. The Labute approximate surface area is 215 Å². The number of hydrogen-bond donors (Lipinski definition) is 3. The molecule has 1 saturated carbocycles. The highest BCUT2D eigenvalue weighted by Crippen LogP contribution is 2.40. The van der Waals surface area contributed by atoms with Crippen molar-refractivity contribution in [1.29, 1.82) is 0 Å². The summed E-state index contributed by atoms with van der Waals surface area (Å²) in [5, 5.41) is 7.23. The molecule has 2 aromatic heterocycles. The molecule has 7 nitrogen and oxygen atoms in total. The number of carbonyl (C=O) groups excluding carboxylic acids is 1. The summed E-state index contributed by atoms with van der Waals surface area (Å²) in [5.74, 6) is -0.335. The van der Waals surface area contributed by atoms with Gasteiger partial charge in [0, 0.05) is 18.9 Å². The van der Waals surface area contributed by atoms with Crippen molar-refractivity contribution in [1.82, 2.24) is 14.8 Å². The van der Waals surface area contributed by atoms with Crippen LogP contribution in [0.2, 0.25) is 0 Å². The second-order valence-electron chi connectivity index (χ2n) is 9.80. The molecule has 0 radical (unpaired) electrons. The van der Waals surface area contributed by atoms with Crippen LogP contribution in [0.5, 0.6) is 0 Å². The SMILES string of the molecule is Cc1cc(C(=O)Nc2cc(C(N)(CCC3CC3)c3cccnc3)ccc2F)n(-c2cccc(CN)c2)n1. The Kier molecular flexibility index (Phi) is 6.86. The lowest BCUT2D eigenvalue weighted by Crippen LogP contribution is -2.38. The predicted molar refractivity (Wildman–Crippen MR) is 142 cm³/mol. The molecule has 190 valence electrons. The molecule has 1 aliphatic carbocycles. The van der Waals surface area contributed by atoms with Crippen LogP contribution in [0.15, 0.2) is 73.1 Å². The van der Waals surface area contributed by atoms with Crippen molar-refractivity contribution in [2.75, 3.05) is 5.32 Å². The quantitative estimate of drug-likeness (QED) is 0.306. The van der Waals surface area contributed by atoms with Crippen LogP contribution in [0.25, 0.3) is 5.69 Å². The maximum Gasteiger partial charge on any atom is 0.274 e. The maximum absolute atomic E-state index is 15.0. The van der Waals surface area contributed by atoms with Crippen LogP contribution in [0.1, 0.15) is 58.6 Å². The van der Waals surface area contributed by atoms with Gasteiger partial charge in [-0.05, 0) is 78.8 Å². The third-order valence-corrected chi connectivity index (χ3v) is 7.01. The Morgan fingerprint density at radius 3 is 2.70 bits per heavy atom. The first-order valence-electron chi connectivity index (χ1n) is 12.5. The number of aryl methyl sites for hydroxylation is 1. The highest BCUT2D eigenvalue weighted by molar-refractivity contribution is 6.03. The molecule has 5 rings (SSSR count). The average Bonchev–Trinajstić information content (AvgIpc) is 3.67. The second kappa shape index (κ2) is 10.2. The number of anilines is 1. The number of amides is 1. The van der Waals surface area contributed by atoms with Crippen molar-refractivity contribution in [2.45, 2.75) is 44.7 Å². The van der Waals surface area contributed by atoms with Crippen LogP contribution < -0.4 is 16.8 Å². The van der Waals surface area contributed by atoms with Crippen LogP contribution >= 0.6 is 0 Å². The van der Waals surface area contributed by atoms with Gasteiger partial charge in [-0.15, -0.1) is 0 Å². The lowest BCUT2D eigenvalue weighted by atomic mass is 9.80. The topological polar surface area (TPSA) is 112 Å². The van der Waals surface area contributed by atoms with E-state index in [2.05, 4.69) is 15.4 Å². The van der Waals surface area contributed by atoms with Crippen molar-refractivity contribution in [3.05, 3.63) is 107 Å². The van der Waals surface area contributed by atoms with Crippen LogP contribution in [-0.4, -0.2) is 20.7 Å². The Morgan fingerprint density at radius 1 is 1.14 bits per heavy atom. The van der Waals surface area contributed by atoms with Gasteiger partial charge in [-0.3, -0.25) is 9.78 Å². The summed E-state index contributed by atoms with van der Waals surface area (Å²) in [6.07, 6.45) is 7.57. The van der Waals surface area contributed by atoms with Gasteiger partial charge in [-0.2, -0.15) is 5.10 Å². The summed E-state index contributed by atoms with van der Waals surface area (Å²) in [6, 6.07) is 17.6. The molecule has 1 unspecified atom stereocenters. The molecule has 1 atom stereocenters. The second-order valence-corrected chi connectivity index (χ2v) is 9.80. The summed E-state index contributed by atoms with van der Waals surface area (Å²) in [4.78, 5) is 17.6. The Morgan fingerprint density at radius 2 is 1.97 bits per heavy atom. The normalized spacial score (nSPS) is 14.8. The van der Waals surface area contributed by atoms with E-state index >= 15 is 0 Å². The van der Waals surface area contributed by atoms with E-state index in [1.807, 2.05) is 36.4 Å². The van der Waals surface area contributed by atoms with Gasteiger partial charge in [0.05, 0.1) is 22.6 Å². The van der Waals surface area contributed by atoms with Gasteiger partial charge in [-0.1, -0.05) is 37.1 Å². The van der Waals surface area contributed by atoms with E-state index in [1.165, 1.54) is 18.9 Å². The molecule has 37 heavy (non-hydrogen) atoms. The molecule has 8 heteroatoms. The standard InChI is InChI=1S/C29H31FN6O/c1-19-14-27(36(35-19)24-6-2-4-21(15-24)17-31)28(37)34-26-16-22(9-10-25(26)30)29(32,12-11-20-7-8-20)23-5-3-13-33-18-23/h2-6,9-10,13-16,18,20H,7-8,11-12,17,31-32H2,1H3,(H,34,37). The van der Waals surface area contributed by atoms with E-state index < -0.39 is 17.3 Å². The molecule has 1 fully saturated rings. The molecular weight excluding hydrogens is 467 g/mol. The first-order valence-corrected chi connectivity index (χ1v) is 12.5. The van der Waals surface area contributed by atoms with Crippen molar-refractivity contribution < 1.29 is 9.18 Å². The number of benzene rings is 2. The van der Waals surface area contributed by atoms with Crippen LogP contribution in [0, 0.1) is 18.7 Å². The number of nitrogens with one attached hydrogen (secondary N) is 1. The Balaban J connectivity index is 1.47. The van der Waals surface area contributed by atoms with Gasteiger partial charge in [0.1, 0.15) is 11.5 Å². The minimum Gasteiger partial charge on any atom is -0.326 e. The zero-order chi connectivity index (χ0) is 26.0. The fourth-order valence-corrected chi connectivity index (χ4v) is 4.68.